The summed E-state index contributed by atoms with van der Waals surface area (Å²) in [5, 5.41) is 15.2. The SMILES string of the molecule is CSCCC(NC(=O)OC(C)(C)C)C(=O)N(CC#N)C(C(=O)NC(C)(C)C)c1ccc(C)c(C)c1. The van der Waals surface area contributed by atoms with E-state index in [9.17, 15) is 19.6 Å². The van der Waals surface area contributed by atoms with E-state index >= 15 is 0 Å². The molecule has 0 bridgehead atoms. The largest absolute Gasteiger partial charge is 0.444 e. The lowest BCUT2D eigenvalue weighted by atomic mass is 9.97. The number of rotatable bonds is 9. The van der Waals surface area contributed by atoms with Gasteiger partial charge in [-0.05, 0) is 90.5 Å². The fraction of sp³-hybridized carbons (Fsp3) is 0.615. The van der Waals surface area contributed by atoms with Gasteiger partial charge in [0.15, 0.2) is 0 Å². The van der Waals surface area contributed by atoms with Crippen LogP contribution < -0.4 is 10.6 Å². The molecule has 0 aliphatic carbocycles. The quantitative estimate of drug-likeness (QED) is 0.486. The van der Waals surface area contributed by atoms with E-state index in [1.165, 1.54) is 16.7 Å². The summed E-state index contributed by atoms with van der Waals surface area (Å²) in [6.45, 7) is 14.3. The van der Waals surface area contributed by atoms with Crippen molar-refractivity contribution in [3.8, 4) is 6.07 Å². The molecule has 194 valence electrons. The van der Waals surface area contributed by atoms with Gasteiger partial charge in [-0.1, -0.05) is 18.2 Å². The number of alkyl carbamates (subject to hydrolysis) is 1. The first kappa shape index (κ1) is 30.3. The highest BCUT2D eigenvalue weighted by atomic mass is 32.2. The van der Waals surface area contributed by atoms with Gasteiger partial charge in [0.1, 0.15) is 24.2 Å². The van der Waals surface area contributed by atoms with Crippen LogP contribution in [0.5, 0.6) is 0 Å². The third kappa shape index (κ3) is 10.2. The number of hydrogen-bond acceptors (Lipinski definition) is 6. The highest BCUT2D eigenvalue weighted by Gasteiger charge is 2.37. The van der Waals surface area contributed by atoms with Crippen LogP contribution in [0.25, 0.3) is 0 Å². The normalized spacial score (nSPS) is 13.3. The summed E-state index contributed by atoms with van der Waals surface area (Å²) in [6.07, 6.45) is 1.49. The van der Waals surface area contributed by atoms with E-state index in [0.717, 1.165) is 11.1 Å². The molecule has 8 nitrogen and oxygen atoms in total. The summed E-state index contributed by atoms with van der Waals surface area (Å²) in [5.41, 5.74) is 1.32. The van der Waals surface area contributed by atoms with Crippen molar-refractivity contribution in [2.45, 2.75) is 85.0 Å². The molecule has 2 N–H and O–H groups in total. The molecule has 0 heterocycles. The van der Waals surface area contributed by atoms with Crippen LogP contribution in [0.1, 0.15) is 70.7 Å². The predicted octanol–water partition coefficient (Wildman–Crippen LogP) is 4.26. The molecule has 1 rings (SSSR count). The third-order valence-electron chi connectivity index (χ3n) is 5.03. The van der Waals surface area contributed by atoms with E-state index in [-0.39, 0.29) is 6.54 Å². The van der Waals surface area contributed by atoms with Crippen LogP contribution in [0.2, 0.25) is 0 Å². The number of hydrogen-bond donors (Lipinski definition) is 2. The van der Waals surface area contributed by atoms with Gasteiger partial charge in [0.25, 0.3) is 0 Å². The van der Waals surface area contributed by atoms with E-state index in [1.807, 2.05) is 59.1 Å². The van der Waals surface area contributed by atoms with E-state index in [1.54, 1.807) is 26.8 Å². The minimum atomic E-state index is -1.04. The molecule has 0 saturated carbocycles. The Kier molecular flexibility index (Phi) is 11.1. The Morgan fingerprint density at radius 3 is 2.23 bits per heavy atom. The Balaban J connectivity index is 3.49. The van der Waals surface area contributed by atoms with Crippen molar-refractivity contribution < 1.29 is 19.1 Å². The fourth-order valence-corrected chi connectivity index (χ4v) is 3.83. The number of amides is 3. The van der Waals surface area contributed by atoms with Gasteiger partial charge >= 0.3 is 6.09 Å². The molecule has 1 aromatic rings. The minimum Gasteiger partial charge on any atom is -0.444 e. The molecule has 9 heteroatoms. The first-order valence-electron chi connectivity index (χ1n) is 11.6. The average Bonchev–Trinajstić information content (AvgIpc) is 2.70. The second kappa shape index (κ2) is 12.8. The number of nitrogens with zero attached hydrogens (tertiary/aromatic N) is 2. The number of aryl methyl sites for hydroxylation is 2. The molecule has 0 aromatic heterocycles. The molecule has 2 unspecified atom stereocenters. The number of carbonyl (C=O) groups excluding carboxylic acids is 3. The second-order valence-electron chi connectivity index (χ2n) is 10.6. The Hall–Kier alpha value is -2.73. The minimum absolute atomic E-state index is 0.320. The zero-order chi connectivity index (χ0) is 27.0. The van der Waals surface area contributed by atoms with Crippen LogP contribution in [0.3, 0.4) is 0 Å². The molecular formula is C26H40N4O4S. The van der Waals surface area contributed by atoms with Crippen molar-refractivity contribution in [1.29, 1.82) is 5.26 Å². The van der Waals surface area contributed by atoms with E-state index in [4.69, 9.17) is 4.74 Å². The predicted molar refractivity (Wildman–Crippen MR) is 140 cm³/mol. The molecule has 1 aromatic carbocycles. The molecule has 0 fully saturated rings. The van der Waals surface area contributed by atoms with Gasteiger partial charge in [-0.15, -0.1) is 0 Å². The molecular weight excluding hydrogens is 464 g/mol. The molecule has 3 amide bonds. The second-order valence-corrected chi connectivity index (χ2v) is 11.6. The first-order chi connectivity index (χ1) is 16.1. The van der Waals surface area contributed by atoms with Gasteiger partial charge in [0.05, 0.1) is 6.07 Å². The molecule has 0 saturated heterocycles. The van der Waals surface area contributed by atoms with Gasteiger partial charge in [-0.3, -0.25) is 9.59 Å². The van der Waals surface area contributed by atoms with Crippen LogP contribution in [0, 0.1) is 25.2 Å². The highest BCUT2D eigenvalue weighted by Crippen LogP contribution is 2.26. The van der Waals surface area contributed by atoms with Crippen molar-refractivity contribution in [2.75, 3.05) is 18.6 Å². The molecule has 0 radical (unpaired) electrons. The van der Waals surface area contributed by atoms with Gasteiger partial charge in [-0.2, -0.15) is 17.0 Å². The zero-order valence-corrected chi connectivity index (χ0v) is 23.3. The van der Waals surface area contributed by atoms with E-state index in [0.29, 0.717) is 17.7 Å². The highest BCUT2D eigenvalue weighted by molar-refractivity contribution is 7.98. The van der Waals surface area contributed by atoms with Crippen molar-refractivity contribution in [2.24, 2.45) is 0 Å². The Morgan fingerprint density at radius 2 is 1.74 bits per heavy atom. The summed E-state index contributed by atoms with van der Waals surface area (Å²) in [4.78, 5) is 41.0. The number of nitrogens with one attached hydrogen (secondary N) is 2. The lowest BCUT2D eigenvalue weighted by molar-refractivity contribution is -0.142. The van der Waals surface area contributed by atoms with Crippen LogP contribution >= 0.6 is 11.8 Å². The molecule has 2 atom stereocenters. The topological polar surface area (TPSA) is 112 Å². The maximum atomic E-state index is 13.8. The summed E-state index contributed by atoms with van der Waals surface area (Å²) in [5.74, 6) is -0.321. The number of benzene rings is 1. The number of carbonyl (C=O) groups is 3. The monoisotopic (exact) mass is 504 g/mol. The summed E-state index contributed by atoms with van der Waals surface area (Å²) in [6, 6.07) is 5.57. The fourth-order valence-electron chi connectivity index (χ4n) is 3.36. The lowest BCUT2D eigenvalue weighted by Crippen LogP contribution is -2.54. The molecule has 0 spiro atoms. The van der Waals surface area contributed by atoms with Gasteiger partial charge < -0.3 is 20.3 Å². The van der Waals surface area contributed by atoms with Crippen LogP contribution in [-0.2, 0) is 14.3 Å². The van der Waals surface area contributed by atoms with Crippen molar-refractivity contribution in [1.82, 2.24) is 15.5 Å². The van der Waals surface area contributed by atoms with E-state index < -0.39 is 41.1 Å². The van der Waals surface area contributed by atoms with Crippen LogP contribution in [0.4, 0.5) is 4.79 Å². The summed E-state index contributed by atoms with van der Waals surface area (Å²) in [7, 11) is 0. The summed E-state index contributed by atoms with van der Waals surface area (Å²) < 4.78 is 5.35. The molecule has 35 heavy (non-hydrogen) atoms. The zero-order valence-electron chi connectivity index (χ0n) is 22.4. The summed E-state index contributed by atoms with van der Waals surface area (Å²) >= 11 is 1.53. The number of thioether (sulfide) groups is 1. The molecule has 0 aliphatic rings. The van der Waals surface area contributed by atoms with Gasteiger partial charge in [-0.25, -0.2) is 4.79 Å². The van der Waals surface area contributed by atoms with Crippen molar-refractivity contribution in [3.05, 3.63) is 34.9 Å². The first-order valence-corrected chi connectivity index (χ1v) is 13.0. The van der Waals surface area contributed by atoms with Crippen molar-refractivity contribution >= 4 is 29.7 Å². The van der Waals surface area contributed by atoms with Crippen LogP contribution in [-0.4, -0.2) is 58.5 Å². The average molecular weight is 505 g/mol. The Bertz CT molecular complexity index is 944. The lowest BCUT2D eigenvalue weighted by Gasteiger charge is -2.34. The third-order valence-corrected chi connectivity index (χ3v) is 5.67. The maximum Gasteiger partial charge on any atom is 0.408 e. The van der Waals surface area contributed by atoms with Gasteiger partial charge in [0, 0.05) is 5.54 Å². The van der Waals surface area contributed by atoms with Crippen molar-refractivity contribution in [3.63, 3.8) is 0 Å². The standard InChI is InChI=1S/C26H40N4O4S/c1-17-10-11-19(16-18(17)2)21(22(31)29-25(3,4)5)30(14-13-27)23(32)20(12-15-35-9)28-24(33)34-26(6,7)8/h10-11,16,20-21H,12,14-15H2,1-9H3,(H,28,33)(H,29,31). The smallest absolute Gasteiger partial charge is 0.408 e. The Labute approximate surface area is 214 Å². The molecule has 0 aliphatic heterocycles. The van der Waals surface area contributed by atoms with Crippen LogP contribution in [0.15, 0.2) is 18.2 Å². The maximum absolute atomic E-state index is 13.8. The Morgan fingerprint density at radius 1 is 1.11 bits per heavy atom. The number of nitriles is 1. The van der Waals surface area contributed by atoms with E-state index in [2.05, 4.69) is 10.6 Å². The number of ether oxygens (including phenoxy) is 1. The van der Waals surface area contributed by atoms with Gasteiger partial charge in [0.2, 0.25) is 11.8 Å².